The lowest BCUT2D eigenvalue weighted by Crippen LogP contribution is -2.32. The molecule has 1 aliphatic carbocycles. The molecule has 6 nitrogen and oxygen atoms in total. The topological polar surface area (TPSA) is 77.5 Å². The average molecular weight is 352 g/mol. The van der Waals surface area contributed by atoms with Gasteiger partial charge in [-0.15, -0.1) is 0 Å². The van der Waals surface area contributed by atoms with Gasteiger partial charge in [0, 0.05) is 37.9 Å². The van der Waals surface area contributed by atoms with Gasteiger partial charge in [-0.2, -0.15) is 0 Å². The first-order chi connectivity index (χ1) is 12.7. The van der Waals surface area contributed by atoms with Crippen LogP contribution < -0.4 is 15.5 Å². The molecule has 1 saturated heterocycles. The normalized spacial score (nSPS) is 19.5. The Hall–Kier alpha value is -2.60. The van der Waals surface area contributed by atoms with Gasteiger partial charge in [-0.1, -0.05) is 12.1 Å². The number of hydrogen-bond acceptors (Lipinski definition) is 5. The standard InChI is InChI=1S/C20H24N4O2/c25-18-3-1-2-14(10-18)11-21-17-8-9-24(13-17)19-7-4-15(12-22-19)20(26)23-16-5-6-16/h1-4,7,10,12,16-17,21,25H,5-6,8-9,11,13H2,(H,23,26)/t17-/m0/s1. The fourth-order valence-electron chi connectivity index (χ4n) is 3.27. The molecule has 0 radical (unpaired) electrons. The number of benzene rings is 1. The number of anilines is 1. The van der Waals surface area contributed by atoms with Gasteiger partial charge in [0.15, 0.2) is 0 Å². The highest BCUT2D eigenvalue weighted by atomic mass is 16.3. The Kier molecular flexibility index (Phi) is 4.75. The van der Waals surface area contributed by atoms with E-state index in [4.69, 9.17) is 0 Å². The van der Waals surface area contributed by atoms with Crippen molar-refractivity contribution in [3.63, 3.8) is 0 Å². The van der Waals surface area contributed by atoms with E-state index in [-0.39, 0.29) is 5.91 Å². The zero-order chi connectivity index (χ0) is 17.9. The quantitative estimate of drug-likeness (QED) is 0.742. The van der Waals surface area contributed by atoms with Crippen LogP contribution in [0.4, 0.5) is 5.82 Å². The molecule has 1 aliphatic heterocycles. The molecule has 1 aromatic carbocycles. The van der Waals surface area contributed by atoms with Crippen LogP contribution in [-0.4, -0.2) is 41.2 Å². The second kappa shape index (κ2) is 7.33. The predicted molar refractivity (Wildman–Crippen MR) is 100 cm³/mol. The van der Waals surface area contributed by atoms with Gasteiger partial charge in [0.25, 0.3) is 5.91 Å². The van der Waals surface area contributed by atoms with Gasteiger partial charge in [0.1, 0.15) is 11.6 Å². The van der Waals surface area contributed by atoms with Gasteiger partial charge in [0.05, 0.1) is 5.56 Å². The summed E-state index contributed by atoms with van der Waals surface area (Å²) in [4.78, 5) is 18.7. The Morgan fingerprint density at radius 1 is 1.19 bits per heavy atom. The number of hydrogen-bond donors (Lipinski definition) is 3. The minimum Gasteiger partial charge on any atom is -0.508 e. The largest absolute Gasteiger partial charge is 0.508 e. The lowest BCUT2D eigenvalue weighted by atomic mass is 10.2. The summed E-state index contributed by atoms with van der Waals surface area (Å²) >= 11 is 0. The molecule has 1 aromatic heterocycles. The number of nitrogens with zero attached hydrogens (tertiary/aromatic N) is 2. The molecule has 1 atom stereocenters. The number of rotatable bonds is 6. The number of carbonyl (C=O) groups excluding carboxylic acids is 1. The van der Waals surface area contributed by atoms with Crippen LogP contribution in [0.15, 0.2) is 42.6 Å². The van der Waals surface area contributed by atoms with Crippen LogP contribution in [-0.2, 0) is 6.54 Å². The second-order valence-electron chi connectivity index (χ2n) is 7.14. The summed E-state index contributed by atoms with van der Waals surface area (Å²) in [7, 11) is 0. The van der Waals surface area contributed by atoms with E-state index in [1.165, 1.54) is 0 Å². The number of phenols is 1. The third kappa shape index (κ3) is 4.14. The van der Waals surface area contributed by atoms with Crippen LogP contribution in [0.5, 0.6) is 5.75 Å². The fraction of sp³-hybridized carbons (Fsp3) is 0.400. The van der Waals surface area contributed by atoms with Crippen LogP contribution in [0, 0.1) is 0 Å². The predicted octanol–water partition coefficient (Wildman–Crippen LogP) is 2.05. The van der Waals surface area contributed by atoms with Crippen molar-refractivity contribution >= 4 is 11.7 Å². The summed E-state index contributed by atoms with van der Waals surface area (Å²) < 4.78 is 0. The van der Waals surface area contributed by atoms with Crippen molar-refractivity contribution in [2.45, 2.75) is 37.9 Å². The third-order valence-electron chi connectivity index (χ3n) is 4.94. The molecule has 1 saturated carbocycles. The summed E-state index contributed by atoms with van der Waals surface area (Å²) in [6.45, 7) is 2.57. The molecule has 2 heterocycles. The Balaban J connectivity index is 1.29. The van der Waals surface area contributed by atoms with E-state index in [0.29, 0.717) is 23.4 Å². The van der Waals surface area contributed by atoms with Gasteiger partial charge in [-0.3, -0.25) is 4.79 Å². The molecule has 1 amide bonds. The lowest BCUT2D eigenvalue weighted by molar-refractivity contribution is 0.0950. The number of aromatic nitrogens is 1. The van der Waals surface area contributed by atoms with Crippen molar-refractivity contribution in [1.29, 1.82) is 0 Å². The van der Waals surface area contributed by atoms with E-state index in [0.717, 1.165) is 50.3 Å². The lowest BCUT2D eigenvalue weighted by Gasteiger charge is -2.18. The highest BCUT2D eigenvalue weighted by Crippen LogP contribution is 2.21. The minimum absolute atomic E-state index is 0.0290. The fourth-order valence-corrected chi connectivity index (χ4v) is 3.27. The average Bonchev–Trinajstić information content (AvgIpc) is 3.34. The van der Waals surface area contributed by atoms with Crippen LogP contribution in [0.25, 0.3) is 0 Å². The third-order valence-corrected chi connectivity index (χ3v) is 4.94. The van der Waals surface area contributed by atoms with Crippen LogP contribution in [0.3, 0.4) is 0 Å². The Bertz CT molecular complexity index is 774. The van der Waals surface area contributed by atoms with Crippen molar-refractivity contribution < 1.29 is 9.90 Å². The van der Waals surface area contributed by atoms with Crippen molar-refractivity contribution in [3.05, 3.63) is 53.7 Å². The van der Waals surface area contributed by atoms with E-state index in [9.17, 15) is 9.90 Å². The van der Waals surface area contributed by atoms with Crippen LogP contribution in [0.2, 0.25) is 0 Å². The zero-order valence-electron chi connectivity index (χ0n) is 14.7. The molecule has 0 unspecified atom stereocenters. The monoisotopic (exact) mass is 352 g/mol. The first-order valence-electron chi connectivity index (χ1n) is 9.20. The Labute approximate surface area is 153 Å². The molecule has 0 spiro atoms. The van der Waals surface area contributed by atoms with Crippen molar-refractivity contribution in [1.82, 2.24) is 15.6 Å². The molecule has 6 heteroatoms. The van der Waals surface area contributed by atoms with E-state index < -0.39 is 0 Å². The second-order valence-corrected chi connectivity index (χ2v) is 7.14. The van der Waals surface area contributed by atoms with E-state index in [1.54, 1.807) is 18.3 Å². The molecule has 0 bridgehead atoms. The van der Waals surface area contributed by atoms with Gasteiger partial charge in [-0.05, 0) is 49.1 Å². The number of amides is 1. The zero-order valence-corrected chi connectivity index (χ0v) is 14.7. The molecule has 4 rings (SSSR count). The smallest absolute Gasteiger partial charge is 0.253 e. The molecular weight excluding hydrogens is 328 g/mol. The van der Waals surface area contributed by atoms with E-state index in [1.807, 2.05) is 24.3 Å². The maximum absolute atomic E-state index is 12.0. The summed E-state index contributed by atoms with van der Waals surface area (Å²) in [5, 5.41) is 16.1. The first kappa shape index (κ1) is 16.8. The maximum atomic E-state index is 12.0. The van der Waals surface area contributed by atoms with Crippen LogP contribution >= 0.6 is 0 Å². The van der Waals surface area contributed by atoms with Crippen molar-refractivity contribution in [2.24, 2.45) is 0 Å². The molecule has 26 heavy (non-hydrogen) atoms. The molecular formula is C20H24N4O2. The number of pyridine rings is 1. The maximum Gasteiger partial charge on any atom is 0.253 e. The SMILES string of the molecule is O=C(NC1CC1)c1ccc(N2CC[C@H](NCc3cccc(O)c3)C2)nc1. The number of nitrogens with one attached hydrogen (secondary N) is 2. The Morgan fingerprint density at radius 2 is 2.08 bits per heavy atom. The Morgan fingerprint density at radius 3 is 2.81 bits per heavy atom. The van der Waals surface area contributed by atoms with Gasteiger partial charge in [0.2, 0.25) is 0 Å². The minimum atomic E-state index is -0.0290. The highest BCUT2D eigenvalue weighted by Gasteiger charge is 2.25. The number of aromatic hydroxyl groups is 1. The van der Waals surface area contributed by atoms with Gasteiger partial charge >= 0.3 is 0 Å². The van der Waals surface area contributed by atoms with E-state index >= 15 is 0 Å². The van der Waals surface area contributed by atoms with Crippen molar-refractivity contribution in [3.8, 4) is 5.75 Å². The first-order valence-corrected chi connectivity index (χ1v) is 9.20. The van der Waals surface area contributed by atoms with Crippen LogP contribution in [0.1, 0.15) is 35.2 Å². The van der Waals surface area contributed by atoms with E-state index in [2.05, 4.69) is 20.5 Å². The van der Waals surface area contributed by atoms with Crippen molar-refractivity contribution in [2.75, 3.05) is 18.0 Å². The molecule has 3 N–H and O–H groups in total. The van der Waals surface area contributed by atoms with Gasteiger partial charge < -0.3 is 20.6 Å². The molecule has 136 valence electrons. The molecule has 2 aliphatic rings. The molecule has 2 fully saturated rings. The highest BCUT2D eigenvalue weighted by molar-refractivity contribution is 5.94. The summed E-state index contributed by atoms with van der Waals surface area (Å²) in [6.07, 6.45) is 4.88. The number of phenolic OH excluding ortho intramolecular Hbond substituents is 1. The summed E-state index contributed by atoms with van der Waals surface area (Å²) in [5.41, 5.74) is 1.70. The van der Waals surface area contributed by atoms with Gasteiger partial charge in [-0.25, -0.2) is 4.98 Å². The number of carbonyl (C=O) groups is 1. The molecule has 2 aromatic rings. The summed E-state index contributed by atoms with van der Waals surface area (Å²) in [5.74, 6) is 1.18. The summed E-state index contributed by atoms with van der Waals surface area (Å²) in [6, 6.07) is 11.9.